The summed E-state index contributed by atoms with van der Waals surface area (Å²) in [5.41, 5.74) is 0.777. The highest BCUT2D eigenvalue weighted by atomic mass is 16.5. The molecule has 1 aromatic rings. The maximum atomic E-state index is 11.8. The van der Waals surface area contributed by atoms with Gasteiger partial charge in [0, 0.05) is 19.2 Å². The minimum Gasteiger partial charge on any atom is -0.452 e. The summed E-state index contributed by atoms with van der Waals surface area (Å²) in [4.78, 5) is 34.2. The van der Waals surface area contributed by atoms with Gasteiger partial charge in [-0.2, -0.15) is 0 Å². The summed E-state index contributed by atoms with van der Waals surface area (Å²) >= 11 is 0. The molecule has 0 saturated carbocycles. The number of esters is 1. The number of nitrogens with one attached hydrogen (secondary N) is 2. The third-order valence-corrected chi connectivity index (χ3v) is 2.46. The van der Waals surface area contributed by atoms with Gasteiger partial charge in [0.25, 0.3) is 5.91 Å². The Bertz CT molecular complexity index is 526. The highest BCUT2D eigenvalue weighted by Gasteiger charge is 2.11. The summed E-state index contributed by atoms with van der Waals surface area (Å²) in [5, 5.41) is 5.22. The standard InChI is InChI=1S/C15H20N2O4/c1-10(2)8-16-14(19)9-21-15(20)12-5-4-6-13(7-12)17-11(3)18/h4-7,10H,8-9H2,1-3H3,(H,16,19)(H,17,18). The average Bonchev–Trinajstić information content (AvgIpc) is 2.42. The van der Waals surface area contributed by atoms with Crippen molar-refractivity contribution >= 4 is 23.5 Å². The third-order valence-electron chi connectivity index (χ3n) is 2.46. The Labute approximate surface area is 123 Å². The summed E-state index contributed by atoms with van der Waals surface area (Å²) in [6.45, 7) is 5.54. The summed E-state index contributed by atoms with van der Waals surface area (Å²) in [5.74, 6) is -0.843. The second kappa shape index (κ2) is 8.04. The van der Waals surface area contributed by atoms with Crippen LogP contribution in [0.4, 0.5) is 5.69 Å². The fraction of sp³-hybridized carbons (Fsp3) is 0.400. The lowest BCUT2D eigenvalue weighted by molar-refractivity contribution is -0.124. The number of amides is 2. The molecule has 6 heteroatoms. The van der Waals surface area contributed by atoms with Crippen LogP contribution in [0, 0.1) is 5.92 Å². The molecule has 0 fully saturated rings. The first-order valence-corrected chi connectivity index (χ1v) is 6.70. The topological polar surface area (TPSA) is 84.5 Å². The maximum Gasteiger partial charge on any atom is 0.338 e. The van der Waals surface area contributed by atoms with E-state index in [0.29, 0.717) is 18.2 Å². The molecule has 0 unspecified atom stereocenters. The van der Waals surface area contributed by atoms with Gasteiger partial charge < -0.3 is 15.4 Å². The molecular weight excluding hydrogens is 272 g/mol. The van der Waals surface area contributed by atoms with E-state index in [4.69, 9.17) is 4.74 Å². The smallest absolute Gasteiger partial charge is 0.338 e. The van der Waals surface area contributed by atoms with Crippen LogP contribution < -0.4 is 10.6 Å². The summed E-state index contributed by atoms with van der Waals surface area (Å²) in [7, 11) is 0. The maximum absolute atomic E-state index is 11.8. The van der Waals surface area contributed by atoms with E-state index in [0.717, 1.165) is 0 Å². The molecule has 0 bridgehead atoms. The lowest BCUT2D eigenvalue weighted by Crippen LogP contribution is -2.31. The van der Waals surface area contributed by atoms with Gasteiger partial charge in [-0.05, 0) is 24.1 Å². The molecule has 2 amide bonds. The Kier molecular flexibility index (Phi) is 6.39. The largest absolute Gasteiger partial charge is 0.452 e. The Hall–Kier alpha value is -2.37. The van der Waals surface area contributed by atoms with Crippen molar-refractivity contribution in [2.75, 3.05) is 18.5 Å². The van der Waals surface area contributed by atoms with Crippen molar-refractivity contribution in [3.63, 3.8) is 0 Å². The van der Waals surface area contributed by atoms with Crippen molar-refractivity contribution in [1.29, 1.82) is 0 Å². The number of carbonyl (C=O) groups excluding carboxylic acids is 3. The van der Waals surface area contributed by atoms with Crippen molar-refractivity contribution < 1.29 is 19.1 Å². The van der Waals surface area contributed by atoms with Crippen LogP contribution in [0.25, 0.3) is 0 Å². The lowest BCUT2D eigenvalue weighted by atomic mass is 10.2. The zero-order valence-corrected chi connectivity index (χ0v) is 12.4. The van der Waals surface area contributed by atoms with Crippen molar-refractivity contribution in [2.45, 2.75) is 20.8 Å². The van der Waals surface area contributed by atoms with Gasteiger partial charge in [0.05, 0.1) is 5.56 Å². The van der Waals surface area contributed by atoms with E-state index in [2.05, 4.69) is 10.6 Å². The van der Waals surface area contributed by atoms with Crippen LogP contribution in [0.5, 0.6) is 0 Å². The van der Waals surface area contributed by atoms with Gasteiger partial charge in [-0.1, -0.05) is 19.9 Å². The molecule has 1 aromatic carbocycles. The predicted octanol–water partition coefficient (Wildman–Crippen LogP) is 1.57. The van der Waals surface area contributed by atoms with Gasteiger partial charge in [-0.3, -0.25) is 9.59 Å². The van der Waals surface area contributed by atoms with E-state index in [-0.39, 0.29) is 24.0 Å². The molecule has 0 atom stereocenters. The number of benzene rings is 1. The third kappa shape index (κ3) is 6.56. The Morgan fingerprint density at radius 2 is 1.95 bits per heavy atom. The second-order valence-corrected chi connectivity index (χ2v) is 5.04. The van der Waals surface area contributed by atoms with Crippen LogP contribution in [0.3, 0.4) is 0 Å². The molecule has 2 N–H and O–H groups in total. The molecule has 114 valence electrons. The average molecular weight is 292 g/mol. The zero-order chi connectivity index (χ0) is 15.8. The zero-order valence-electron chi connectivity index (χ0n) is 12.4. The quantitative estimate of drug-likeness (QED) is 0.780. The summed E-state index contributed by atoms with van der Waals surface area (Å²) in [6.07, 6.45) is 0. The van der Waals surface area contributed by atoms with Crippen molar-refractivity contribution in [2.24, 2.45) is 5.92 Å². The van der Waals surface area contributed by atoms with Gasteiger partial charge >= 0.3 is 5.97 Å². The molecule has 0 radical (unpaired) electrons. The van der Waals surface area contributed by atoms with Crippen molar-refractivity contribution in [3.05, 3.63) is 29.8 Å². The fourth-order valence-electron chi connectivity index (χ4n) is 1.51. The Balaban J connectivity index is 2.52. The monoisotopic (exact) mass is 292 g/mol. The van der Waals surface area contributed by atoms with Crippen molar-refractivity contribution in [3.8, 4) is 0 Å². The minimum absolute atomic E-state index is 0.228. The number of hydrogen-bond donors (Lipinski definition) is 2. The first-order valence-electron chi connectivity index (χ1n) is 6.70. The second-order valence-electron chi connectivity index (χ2n) is 5.04. The van der Waals surface area contributed by atoms with E-state index in [1.165, 1.54) is 13.0 Å². The molecule has 0 saturated heterocycles. The number of carbonyl (C=O) groups is 3. The molecule has 0 aliphatic heterocycles. The molecule has 21 heavy (non-hydrogen) atoms. The fourth-order valence-corrected chi connectivity index (χ4v) is 1.51. The van der Waals surface area contributed by atoms with Gasteiger partial charge in [0.1, 0.15) is 0 Å². The van der Waals surface area contributed by atoms with Crippen molar-refractivity contribution in [1.82, 2.24) is 5.32 Å². The van der Waals surface area contributed by atoms with Gasteiger partial charge in [0.2, 0.25) is 5.91 Å². The summed E-state index contributed by atoms with van der Waals surface area (Å²) < 4.78 is 4.92. The number of ether oxygens (including phenoxy) is 1. The van der Waals surface area contributed by atoms with Crippen LogP contribution in [0.1, 0.15) is 31.1 Å². The van der Waals surface area contributed by atoms with Crippen LogP contribution in [-0.4, -0.2) is 30.9 Å². The van der Waals surface area contributed by atoms with E-state index in [1.54, 1.807) is 18.2 Å². The number of anilines is 1. The molecule has 0 heterocycles. The molecule has 0 aliphatic rings. The van der Waals surface area contributed by atoms with Crippen LogP contribution >= 0.6 is 0 Å². The van der Waals surface area contributed by atoms with Gasteiger partial charge in [0.15, 0.2) is 6.61 Å². The number of hydrogen-bond acceptors (Lipinski definition) is 4. The predicted molar refractivity (Wildman–Crippen MR) is 78.9 cm³/mol. The SMILES string of the molecule is CC(=O)Nc1cccc(C(=O)OCC(=O)NCC(C)C)c1. The highest BCUT2D eigenvalue weighted by molar-refractivity contribution is 5.94. The normalized spacial score (nSPS) is 10.1. The van der Waals surface area contributed by atoms with Crippen LogP contribution in [0.15, 0.2) is 24.3 Å². The molecule has 6 nitrogen and oxygen atoms in total. The van der Waals surface area contributed by atoms with Crippen LogP contribution in [0.2, 0.25) is 0 Å². The summed E-state index contributed by atoms with van der Waals surface area (Å²) in [6, 6.07) is 6.34. The molecule has 0 aliphatic carbocycles. The first-order chi connectivity index (χ1) is 9.88. The molecule has 0 spiro atoms. The molecular formula is C15H20N2O4. The van der Waals surface area contributed by atoms with E-state index < -0.39 is 5.97 Å². The molecule has 1 rings (SSSR count). The first kappa shape index (κ1) is 16.7. The minimum atomic E-state index is -0.609. The Morgan fingerprint density at radius 1 is 1.24 bits per heavy atom. The van der Waals surface area contributed by atoms with E-state index in [1.807, 2.05) is 13.8 Å². The lowest BCUT2D eigenvalue weighted by Gasteiger charge is -2.09. The highest BCUT2D eigenvalue weighted by Crippen LogP contribution is 2.11. The Morgan fingerprint density at radius 3 is 2.57 bits per heavy atom. The van der Waals surface area contributed by atoms with E-state index in [9.17, 15) is 14.4 Å². The molecule has 0 aromatic heterocycles. The van der Waals surface area contributed by atoms with Gasteiger partial charge in [-0.25, -0.2) is 4.79 Å². The van der Waals surface area contributed by atoms with Crippen LogP contribution in [-0.2, 0) is 14.3 Å². The van der Waals surface area contributed by atoms with E-state index >= 15 is 0 Å². The van der Waals surface area contributed by atoms with Gasteiger partial charge in [-0.15, -0.1) is 0 Å². The number of rotatable bonds is 6.